The van der Waals surface area contributed by atoms with Crippen molar-refractivity contribution >= 4 is 45.5 Å². The molecule has 0 fully saturated rings. The molecule has 3 rings (SSSR count). The van der Waals surface area contributed by atoms with Crippen molar-refractivity contribution in [3.8, 4) is 11.5 Å². The predicted octanol–water partition coefficient (Wildman–Crippen LogP) is 4.42. The maximum absolute atomic E-state index is 12.5. The fraction of sp³-hybridized carbons (Fsp3) is 0.211. The molecule has 0 radical (unpaired) electrons. The van der Waals surface area contributed by atoms with E-state index in [4.69, 9.17) is 9.47 Å². The highest BCUT2D eigenvalue weighted by molar-refractivity contribution is 8.02. The van der Waals surface area contributed by atoms with E-state index >= 15 is 0 Å². The number of carbonyl (C=O) groups is 1. The van der Waals surface area contributed by atoms with Crippen LogP contribution in [-0.4, -0.2) is 35.6 Å². The monoisotopic (exact) mass is 416 g/mol. The summed E-state index contributed by atoms with van der Waals surface area (Å²) in [5.41, 5.74) is 1.44. The fourth-order valence-corrected chi connectivity index (χ4v) is 4.27. The Labute approximate surface area is 171 Å². The summed E-state index contributed by atoms with van der Waals surface area (Å²) in [5.74, 6) is 1.20. The van der Waals surface area contributed by atoms with Gasteiger partial charge in [-0.1, -0.05) is 47.4 Å². The van der Waals surface area contributed by atoms with Gasteiger partial charge in [-0.05, 0) is 31.2 Å². The third kappa shape index (κ3) is 4.93. The van der Waals surface area contributed by atoms with E-state index in [2.05, 4.69) is 20.8 Å². The van der Waals surface area contributed by atoms with Crippen molar-refractivity contribution in [3.05, 3.63) is 48.5 Å². The van der Waals surface area contributed by atoms with Crippen LogP contribution < -0.4 is 20.1 Å². The number of para-hydroxylation sites is 4. The van der Waals surface area contributed by atoms with Crippen molar-refractivity contribution in [2.75, 3.05) is 24.9 Å². The van der Waals surface area contributed by atoms with E-state index in [-0.39, 0.29) is 11.2 Å². The van der Waals surface area contributed by atoms with Crippen molar-refractivity contribution in [1.82, 2.24) is 10.2 Å². The normalized spacial score (nSPS) is 11.5. The lowest BCUT2D eigenvalue weighted by atomic mass is 10.3. The molecule has 1 amide bonds. The largest absolute Gasteiger partial charge is 0.495 e. The van der Waals surface area contributed by atoms with Gasteiger partial charge >= 0.3 is 0 Å². The van der Waals surface area contributed by atoms with Crippen LogP contribution in [0, 0.1) is 0 Å². The van der Waals surface area contributed by atoms with Gasteiger partial charge in [0.15, 0.2) is 4.34 Å². The Morgan fingerprint density at radius 3 is 2.29 bits per heavy atom. The number of thioether (sulfide) groups is 1. The molecule has 0 aliphatic rings. The van der Waals surface area contributed by atoms with Gasteiger partial charge < -0.3 is 20.1 Å². The standard InChI is InChI=1S/C19H20N4O3S2/c1-12(17(24)20-13-8-4-6-10-15(13)25-2)27-19-23-22-18(28-19)21-14-9-5-7-11-16(14)26-3/h4-12H,1-3H3,(H,20,24)(H,21,22)/t12-/m0/s1. The number of benzene rings is 2. The van der Waals surface area contributed by atoms with Gasteiger partial charge in [-0.3, -0.25) is 4.79 Å². The van der Waals surface area contributed by atoms with Gasteiger partial charge in [-0.15, -0.1) is 10.2 Å². The Morgan fingerprint density at radius 2 is 1.61 bits per heavy atom. The number of carbonyl (C=O) groups excluding carboxylic acids is 1. The molecule has 1 heterocycles. The molecule has 2 aromatic carbocycles. The van der Waals surface area contributed by atoms with E-state index in [1.54, 1.807) is 26.4 Å². The van der Waals surface area contributed by atoms with E-state index in [1.165, 1.54) is 23.1 Å². The highest BCUT2D eigenvalue weighted by Gasteiger charge is 2.19. The maximum atomic E-state index is 12.5. The van der Waals surface area contributed by atoms with Gasteiger partial charge in [-0.2, -0.15) is 0 Å². The van der Waals surface area contributed by atoms with Crippen LogP contribution in [-0.2, 0) is 4.79 Å². The zero-order chi connectivity index (χ0) is 19.9. The molecule has 7 nitrogen and oxygen atoms in total. The number of methoxy groups -OCH3 is 2. The van der Waals surface area contributed by atoms with Gasteiger partial charge in [0, 0.05) is 0 Å². The van der Waals surface area contributed by atoms with Crippen molar-refractivity contribution in [2.45, 2.75) is 16.5 Å². The molecule has 0 saturated carbocycles. The van der Waals surface area contributed by atoms with Crippen molar-refractivity contribution in [2.24, 2.45) is 0 Å². The SMILES string of the molecule is COc1ccccc1NC(=O)[C@H](C)Sc1nnc(Nc2ccccc2OC)s1. The third-order valence-corrected chi connectivity index (χ3v) is 5.79. The summed E-state index contributed by atoms with van der Waals surface area (Å²) >= 11 is 2.72. The molecule has 0 bridgehead atoms. The lowest BCUT2D eigenvalue weighted by Gasteiger charge is -2.12. The van der Waals surface area contributed by atoms with Crippen LogP contribution in [0.1, 0.15) is 6.92 Å². The van der Waals surface area contributed by atoms with Crippen LogP contribution in [0.3, 0.4) is 0 Å². The molecule has 0 aliphatic carbocycles. The Kier molecular flexibility index (Phi) is 6.72. The van der Waals surface area contributed by atoms with Crippen molar-refractivity contribution < 1.29 is 14.3 Å². The molecule has 0 saturated heterocycles. The number of ether oxygens (including phenoxy) is 2. The van der Waals surface area contributed by atoms with E-state index in [0.717, 1.165) is 11.4 Å². The highest BCUT2D eigenvalue weighted by atomic mass is 32.2. The van der Waals surface area contributed by atoms with E-state index in [1.807, 2.05) is 43.3 Å². The first kappa shape index (κ1) is 20.0. The van der Waals surface area contributed by atoms with Gasteiger partial charge in [0.05, 0.1) is 30.8 Å². The molecule has 1 aromatic heterocycles. The summed E-state index contributed by atoms with van der Waals surface area (Å²) < 4.78 is 11.3. The molecule has 0 unspecified atom stereocenters. The minimum Gasteiger partial charge on any atom is -0.495 e. The molecule has 146 valence electrons. The zero-order valence-electron chi connectivity index (χ0n) is 15.6. The topological polar surface area (TPSA) is 85.4 Å². The second-order valence-electron chi connectivity index (χ2n) is 5.65. The Hall–Kier alpha value is -2.78. The average molecular weight is 417 g/mol. The number of rotatable bonds is 8. The number of nitrogens with zero attached hydrogens (tertiary/aromatic N) is 2. The van der Waals surface area contributed by atoms with Gasteiger partial charge in [-0.25, -0.2) is 0 Å². The Bertz CT molecular complexity index is 948. The summed E-state index contributed by atoms with van der Waals surface area (Å²) in [4.78, 5) is 12.5. The number of hydrogen-bond acceptors (Lipinski definition) is 8. The molecule has 1 atom stereocenters. The van der Waals surface area contributed by atoms with Crippen LogP contribution in [0.15, 0.2) is 52.9 Å². The number of hydrogen-bond donors (Lipinski definition) is 2. The van der Waals surface area contributed by atoms with Crippen molar-refractivity contribution in [3.63, 3.8) is 0 Å². The van der Waals surface area contributed by atoms with Gasteiger partial charge in [0.1, 0.15) is 11.5 Å². The molecule has 9 heteroatoms. The number of nitrogens with one attached hydrogen (secondary N) is 2. The van der Waals surface area contributed by atoms with Gasteiger partial charge in [0.2, 0.25) is 11.0 Å². The molecule has 0 aliphatic heterocycles. The molecular formula is C19H20N4O3S2. The lowest BCUT2D eigenvalue weighted by molar-refractivity contribution is -0.115. The number of amides is 1. The second kappa shape index (κ2) is 9.43. The smallest absolute Gasteiger partial charge is 0.237 e. The number of anilines is 3. The van der Waals surface area contributed by atoms with Crippen molar-refractivity contribution in [1.29, 1.82) is 0 Å². The molecule has 3 aromatic rings. The maximum Gasteiger partial charge on any atom is 0.237 e. The quantitative estimate of drug-likeness (QED) is 0.526. The Morgan fingerprint density at radius 1 is 1.00 bits per heavy atom. The molecular weight excluding hydrogens is 396 g/mol. The summed E-state index contributed by atoms with van der Waals surface area (Å²) in [7, 11) is 3.19. The number of aromatic nitrogens is 2. The van der Waals surface area contributed by atoms with Crippen LogP contribution in [0.4, 0.5) is 16.5 Å². The second-order valence-corrected chi connectivity index (χ2v) is 8.21. The molecule has 0 spiro atoms. The first-order valence-corrected chi connectivity index (χ1v) is 10.1. The van der Waals surface area contributed by atoms with Gasteiger partial charge in [0.25, 0.3) is 0 Å². The lowest BCUT2D eigenvalue weighted by Crippen LogP contribution is -2.22. The minimum absolute atomic E-state index is 0.135. The first-order chi connectivity index (χ1) is 13.6. The summed E-state index contributed by atoms with van der Waals surface area (Å²) in [5, 5.41) is 14.6. The molecule has 28 heavy (non-hydrogen) atoms. The van der Waals surface area contributed by atoms with E-state index < -0.39 is 0 Å². The fourth-order valence-electron chi connectivity index (χ4n) is 2.36. The molecule has 2 N–H and O–H groups in total. The summed E-state index contributed by atoms with van der Waals surface area (Å²) in [6, 6.07) is 14.9. The van der Waals surface area contributed by atoms with Crippen LogP contribution in [0.5, 0.6) is 11.5 Å². The third-order valence-electron chi connectivity index (χ3n) is 3.77. The predicted molar refractivity (Wildman–Crippen MR) is 113 cm³/mol. The zero-order valence-corrected chi connectivity index (χ0v) is 17.3. The summed E-state index contributed by atoms with van der Waals surface area (Å²) in [6.07, 6.45) is 0. The average Bonchev–Trinajstić information content (AvgIpc) is 3.15. The minimum atomic E-state index is -0.350. The summed E-state index contributed by atoms with van der Waals surface area (Å²) in [6.45, 7) is 1.82. The Balaban J connectivity index is 1.62. The first-order valence-electron chi connectivity index (χ1n) is 8.44. The van der Waals surface area contributed by atoms with Crippen LogP contribution in [0.25, 0.3) is 0 Å². The van der Waals surface area contributed by atoms with Crippen LogP contribution in [0.2, 0.25) is 0 Å². The highest BCUT2D eigenvalue weighted by Crippen LogP contribution is 2.33. The van der Waals surface area contributed by atoms with E-state index in [0.29, 0.717) is 20.9 Å². The van der Waals surface area contributed by atoms with E-state index in [9.17, 15) is 4.79 Å². The van der Waals surface area contributed by atoms with Crippen LogP contribution >= 0.6 is 23.1 Å².